The van der Waals surface area contributed by atoms with Crippen molar-refractivity contribution in [3.05, 3.63) is 32.9 Å². The van der Waals surface area contributed by atoms with Gasteiger partial charge in [-0.25, -0.2) is 0 Å². The van der Waals surface area contributed by atoms with Gasteiger partial charge in [-0.05, 0) is 78.6 Å². The number of benzene rings is 1. The number of carbonyl (C=O) groups excluding carboxylic acids is 1. The summed E-state index contributed by atoms with van der Waals surface area (Å²) in [6.45, 7) is 6.62. The zero-order valence-corrected chi connectivity index (χ0v) is 14.8. The van der Waals surface area contributed by atoms with Crippen LogP contribution in [0.4, 0.5) is 0 Å². The van der Waals surface area contributed by atoms with E-state index in [0.717, 1.165) is 32.3 Å². The molecule has 0 aliphatic carbocycles. The third kappa shape index (κ3) is 3.32. The van der Waals surface area contributed by atoms with Gasteiger partial charge in [0.1, 0.15) is 6.29 Å². The highest BCUT2D eigenvalue weighted by atomic mass is 127. The normalized spacial score (nSPS) is 26.8. The van der Waals surface area contributed by atoms with E-state index >= 15 is 0 Å². The van der Waals surface area contributed by atoms with E-state index in [1.807, 2.05) is 0 Å². The molecule has 0 bridgehead atoms. The van der Waals surface area contributed by atoms with Crippen molar-refractivity contribution in [2.24, 2.45) is 0 Å². The molecule has 1 saturated heterocycles. The number of rotatable bonds is 4. The van der Waals surface area contributed by atoms with Crippen LogP contribution in [0, 0.1) is 3.57 Å². The molecule has 1 aromatic rings. The highest BCUT2D eigenvalue weighted by Gasteiger charge is 2.28. The Labute approximate surface area is 140 Å². The van der Waals surface area contributed by atoms with Gasteiger partial charge in [-0.2, -0.15) is 0 Å². The molecule has 0 aromatic heterocycles. The number of likely N-dealkylation sites (tertiary alicyclic amines) is 1. The van der Waals surface area contributed by atoms with E-state index in [4.69, 9.17) is 0 Å². The lowest BCUT2D eigenvalue weighted by Gasteiger charge is -2.35. The quantitative estimate of drug-likeness (QED) is 0.576. The minimum absolute atomic E-state index is 0.0522. The third-order valence-corrected chi connectivity index (χ3v) is 5.65. The van der Waals surface area contributed by atoms with Gasteiger partial charge in [-0.3, -0.25) is 9.80 Å². The average molecular weight is 398 g/mol. The second kappa shape index (κ2) is 6.75. The van der Waals surface area contributed by atoms with Crippen molar-refractivity contribution in [3.63, 3.8) is 0 Å². The number of nitrogens with zero attached hydrogens (tertiary/aromatic N) is 2. The van der Waals surface area contributed by atoms with Gasteiger partial charge < -0.3 is 4.79 Å². The van der Waals surface area contributed by atoms with Gasteiger partial charge in [0, 0.05) is 29.2 Å². The van der Waals surface area contributed by atoms with Crippen LogP contribution in [0.25, 0.3) is 0 Å². The van der Waals surface area contributed by atoms with Gasteiger partial charge in [0.25, 0.3) is 0 Å². The Morgan fingerprint density at radius 1 is 1.29 bits per heavy atom. The van der Waals surface area contributed by atoms with Crippen LogP contribution in [-0.4, -0.2) is 48.3 Å². The van der Waals surface area contributed by atoms with Crippen molar-refractivity contribution in [1.82, 2.24) is 9.80 Å². The molecule has 21 heavy (non-hydrogen) atoms. The molecule has 0 N–H and O–H groups in total. The molecule has 2 heterocycles. The maximum Gasteiger partial charge on any atom is 0.141 e. The highest BCUT2D eigenvalue weighted by molar-refractivity contribution is 14.1. The summed E-state index contributed by atoms with van der Waals surface area (Å²) >= 11 is 2.35. The molecule has 0 spiro atoms. The van der Waals surface area contributed by atoms with Gasteiger partial charge in [-0.1, -0.05) is 6.07 Å². The summed E-state index contributed by atoms with van der Waals surface area (Å²) in [5.41, 5.74) is 2.57. The van der Waals surface area contributed by atoms with Gasteiger partial charge >= 0.3 is 0 Å². The number of aldehydes is 1. The van der Waals surface area contributed by atoms with Crippen LogP contribution in [-0.2, 0) is 11.2 Å². The van der Waals surface area contributed by atoms with Crippen LogP contribution in [0.15, 0.2) is 18.2 Å². The van der Waals surface area contributed by atoms with E-state index in [-0.39, 0.29) is 6.04 Å². The predicted octanol–water partition coefficient (Wildman–Crippen LogP) is 2.87. The first-order chi connectivity index (χ1) is 10.2. The Morgan fingerprint density at radius 2 is 2.10 bits per heavy atom. The maximum absolute atomic E-state index is 11.6. The van der Waals surface area contributed by atoms with Crippen molar-refractivity contribution < 1.29 is 4.79 Å². The largest absolute Gasteiger partial charge is 0.301 e. The molecule has 1 aromatic carbocycles. The zero-order valence-electron chi connectivity index (χ0n) is 12.6. The molecule has 0 saturated carbocycles. The van der Waals surface area contributed by atoms with E-state index in [1.54, 1.807) is 0 Å². The minimum atomic E-state index is -0.0522. The van der Waals surface area contributed by atoms with Crippen LogP contribution in [0.5, 0.6) is 0 Å². The summed E-state index contributed by atoms with van der Waals surface area (Å²) in [7, 11) is 0. The molecule has 3 rings (SSSR count). The second-order valence-electron chi connectivity index (χ2n) is 6.24. The van der Waals surface area contributed by atoms with Gasteiger partial charge in [-0.15, -0.1) is 0 Å². The molecule has 2 aliphatic rings. The van der Waals surface area contributed by atoms with E-state index < -0.39 is 0 Å². The lowest BCUT2D eigenvalue weighted by atomic mass is 9.93. The highest BCUT2D eigenvalue weighted by Crippen LogP contribution is 2.29. The molecule has 4 heteroatoms. The Morgan fingerprint density at radius 3 is 2.81 bits per heavy atom. The first kappa shape index (κ1) is 15.4. The van der Waals surface area contributed by atoms with Crippen LogP contribution >= 0.6 is 22.6 Å². The molecule has 0 radical (unpaired) electrons. The van der Waals surface area contributed by atoms with E-state index in [2.05, 4.69) is 57.5 Å². The van der Waals surface area contributed by atoms with E-state index in [0.29, 0.717) is 6.04 Å². The average Bonchev–Trinajstić information content (AvgIpc) is 2.89. The number of hydrogen-bond donors (Lipinski definition) is 0. The summed E-state index contributed by atoms with van der Waals surface area (Å²) in [6.07, 6.45) is 4.82. The Bertz CT molecular complexity index is 520. The van der Waals surface area contributed by atoms with Crippen LogP contribution < -0.4 is 0 Å². The minimum Gasteiger partial charge on any atom is -0.301 e. The zero-order chi connectivity index (χ0) is 14.8. The molecule has 0 amide bonds. The van der Waals surface area contributed by atoms with Crippen molar-refractivity contribution in [2.75, 3.05) is 26.2 Å². The third-order valence-electron chi connectivity index (χ3n) is 4.98. The molecular weight excluding hydrogens is 375 g/mol. The van der Waals surface area contributed by atoms with Crippen molar-refractivity contribution in [3.8, 4) is 0 Å². The Hall–Kier alpha value is -0.460. The molecule has 114 valence electrons. The van der Waals surface area contributed by atoms with Crippen LogP contribution in [0.3, 0.4) is 0 Å². The standard InChI is InChI=1S/C17H23IN2O/c1-13-3-2-7-19(13)9-10-20-8-6-14-11-15(18)4-5-16(14)17(20)12-21/h4-5,11-13,17H,2-3,6-10H2,1H3/t13?,17-/m0/s1. The van der Waals surface area contributed by atoms with Crippen molar-refractivity contribution in [2.45, 2.75) is 38.3 Å². The SMILES string of the molecule is CC1CCCN1CCN1CCc2cc(I)ccc2[C@@H]1C=O. The number of carbonyl (C=O) groups is 1. The van der Waals surface area contributed by atoms with Gasteiger partial charge in [0.15, 0.2) is 0 Å². The monoisotopic (exact) mass is 398 g/mol. The first-order valence-corrected chi connectivity index (χ1v) is 8.98. The topological polar surface area (TPSA) is 23.6 Å². The van der Waals surface area contributed by atoms with E-state index in [9.17, 15) is 4.79 Å². The number of fused-ring (bicyclic) bond motifs is 1. The molecule has 2 atom stereocenters. The second-order valence-corrected chi connectivity index (χ2v) is 7.48. The molecule has 1 fully saturated rings. The Kier molecular flexibility index (Phi) is 4.96. The molecule has 1 unspecified atom stereocenters. The molecule has 2 aliphatic heterocycles. The van der Waals surface area contributed by atoms with Gasteiger partial charge in [0.2, 0.25) is 0 Å². The van der Waals surface area contributed by atoms with Crippen LogP contribution in [0.2, 0.25) is 0 Å². The van der Waals surface area contributed by atoms with Crippen molar-refractivity contribution in [1.29, 1.82) is 0 Å². The van der Waals surface area contributed by atoms with Gasteiger partial charge in [0.05, 0.1) is 6.04 Å². The fourth-order valence-electron chi connectivity index (χ4n) is 3.67. The lowest BCUT2D eigenvalue weighted by Crippen LogP contribution is -2.42. The fraction of sp³-hybridized carbons (Fsp3) is 0.588. The summed E-state index contributed by atoms with van der Waals surface area (Å²) < 4.78 is 1.26. The Balaban J connectivity index is 1.69. The summed E-state index contributed by atoms with van der Waals surface area (Å²) in [6, 6.07) is 7.14. The predicted molar refractivity (Wildman–Crippen MR) is 93.5 cm³/mol. The number of halogens is 1. The lowest BCUT2D eigenvalue weighted by molar-refractivity contribution is -0.113. The van der Waals surface area contributed by atoms with Crippen LogP contribution in [0.1, 0.15) is 36.9 Å². The summed E-state index contributed by atoms with van der Waals surface area (Å²) in [4.78, 5) is 16.5. The van der Waals surface area contributed by atoms with Crippen molar-refractivity contribution >= 4 is 28.9 Å². The fourth-order valence-corrected chi connectivity index (χ4v) is 4.23. The number of hydrogen-bond acceptors (Lipinski definition) is 3. The molecule has 3 nitrogen and oxygen atoms in total. The van der Waals surface area contributed by atoms with E-state index in [1.165, 1.54) is 34.1 Å². The molecular formula is C17H23IN2O. The smallest absolute Gasteiger partial charge is 0.141 e. The summed E-state index contributed by atoms with van der Waals surface area (Å²) in [5.74, 6) is 0. The first-order valence-electron chi connectivity index (χ1n) is 7.91. The summed E-state index contributed by atoms with van der Waals surface area (Å²) in [5, 5.41) is 0. The maximum atomic E-state index is 11.6.